The van der Waals surface area contributed by atoms with Gasteiger partial charge in [-0.2, -0.15) is 13.2 Å². The second kappa shape index (κ2) is 7.46. The van der Waals surface area contributed by atoms with Crippen molar-refractivity contribution in [3.63, 3.8) is 0 Å². The Labute approximate surface area is 136 Å². The van der Waals surface area contributed by atoms with Crippen molar-refractivity contribution in [2.75, 3.05) is 26.2 Å². The van der Waals surface area contributed by atoms with E-state index in [9.17, 15) is 27.2 Å². The Morgan fingerprint density at radius 3 is 2.29 bits per heavy atom. The molecule has 0 radical (unpaired) electrons. The van der Waals surface area contributed by atoms with E-state index in [0.717, 1.165) is 0 Å². The van der Waals surface area contributed by atoms with E-state index in [1.54, 1.807) is 6.07 Å². The van der Waals surface area contributed by atoms with Gasteiger partial charge in [0.25, 0.3) is 0 Å². The van der Waals surface area contributed by atoms with Crippen LogP contribution in [-0.4, -0.2) is 54.0 Å². The van der Waals surface area contributed by atoms with Crippen LogP contribution >= 0.6 is 0 Å². The van der Waals surface area contributed by atoms with Crippen LogP contribution in [0.25, 0.3) is 6.08 Å². The minimum absolute atomic E-state index is 0.00225. The molecular weight excluding hydrogens is 328 g/mol. The number of hydrogen-bond donors (Lipinski definition) is 0. The molecule has 4 nitrogen and oxygen atoms in total. The highest BCUT2D eigenvalue weighted by Crippen LogP contribution is 2.19. The highest BCUT2D eigenvalue weighted by molar-refractivity contribution is 5.92. The Bertz CT molecular complexity index is 643. The minimum atomic E-state index is -4.91. The summed E-state index contributed by atoms with van der Waals surface area (Å²) in [5.41, 5.74) is 0.245. The smallest absolute Gasteiger partial charge is 0.337 e. The van der Waals surface area contributed by atoms with Gasteiger partial charge in [-0.15, -0.1) is 0 Å². The molecule has 8 heteroatoms. The van der Waals surface area contributed by atoms with Crippen LogP contribution in [0.4, 0.5) is 17.6 Å². The van der Waals surface area contributed by atoms with Gasteiger partial charge in [0.15, 0.2) is 0 Å². The first-order valence-electron chi connectivity index (χ1n) is 7.36. The van der Waals surface area contributed by atoms with E-state index in [1.165, 1.54) is 35.3 Å². The summed E-state index contributed by atoms with van der Waals surface area (Å²) < 4.78 is 50.8. The Morgan fingerprint density at radius 1 is 1.00 bits per heavy atom. The molecule has 1 saturated heterocycles. The highest BCUT2D eigenvalue weighted by Gasteiger charge is 2.42. The summed E-state index contributed by atoms with van der Waals surface area (Å²) >= 11 is 0. The number of amides is 2. The molecule has 0 unspecified atom stereocenters. The van der Waals surface area contributed by atoms with Crippen molar-refractivity contribution in [3.05, 3.63) is 41.7 Å². The molecule has 1 fully saturated rings. The van der Waals surface area contributed by atoms with Gasteiger partial charge in [0.2, 0.25) is 5.91 Å². The third-order valence-electron chi connectivity index (χ3n) is 3.65. The number of hydrogen-bond acceptors (Lipinski definition) is 2. The average Bonchev–Trinajstić information content (AvgIpc) is 2.78. The molecule has 0 atom stereocenters. The van der Waals surface area contributed by atoms with Crippen LogP contribution in [0.15, 0.2) is 30.3 Å². The van der Waals surface area contributed by atoms with Gasteiger partial charge in [-0.1, -0.05) is 18.2 Å². The predicted octanol–water partition coefficient (Wildman–Crippen LogP) is 2.46. The molecular formula is C16H16F4N2O2. The van der Waals surface area contributed by atoms with Gasteiger partial charge in [0, 0.05) is 37.8 Å². The second-order valence-corrected chi connectivity index (χ2v) is 5.32. The number of alkyl halides is 3. The Balaban J connectivity index is 1.97. The van der Waals surface area contributed by atoms with E-state index in [2.05, 4.69) is 0 Å². The van der Waals surface area contributed by atoms with E-state index in [0.29, 0.717) is 4.90 Å². The van der Waals surface area contributed by atoms with Crippen molar-refractivity contribution in [2.24, 2.45) is 0 Å². The molecule has 0 bridgehead atoms. The number of halogens is 4. The molecule has 1 aliphatic heterocycles. The van der Waals surface area contributed by atoms with Gasteiger partial charge >= 0.3 is 12.1 Å². The number of carbonyl (C=O) groups is 2. The standard InChI is InChI=1S/C16H16F4N2O2/c17-13-5-2-1-4-12(13)6-7-14(23)21-8-3-9-22(11-10-21)15(24)16(18,19)20/h1-2,4-7H,3,8-11H2/b7-6+. The maximum absolute atomic E-state index is 13.5. The third-order valence-corrected chi connectivity index (χ3v) is 3.65. The van der Waals surface area contributed by atoms with Gasteiger partial charge in [0.1, 0.15) is 5.82 Å². The zero-order chi connectivity index (χ0) is 17.7. The zero-order valence-corrected chi connectivity index (χ0v) is 12.7. The van der Waals surface area contributed by atoms with Crippen molar-refractivity contribution in [3.8, 4) is 0 Å². The number of carbonyl (C=O) groups excluding carboxylic acids is 2. The molecule has 0 aliphatic carbocycles. The predicted molar refractivity (Wildman–Crippen MR) is 79.3 cm³/mol. The summed E-state index contributed by atoms with van der Waals surface area (Å²) in [6.07, 6.45) is -2.16. The lowest BCUT2D eigenvalue weighted by Gasteiger charge is -2.22. The van der Waals surface area contributed by atoms with Crippen LogP contribution in [0.5, 0.6) is 0 Å². The SMILES string of the molecule is O=C(/C=C/c1ccccc1F)N1CCCN(C(=O)C(F)(F)F)CC1. The first kappa shape index (κ1) is 18.0. The number of benzene rings is 1. The topological polar surface area (TPSA) is 40.6 Å². The third kappa shape index (κ3) is 4.56. The first-order valence-corrected chi connectivity index (χ1v) is 7.36. The van der Waals surface area contributed by atoms with Gasteiger partial charge < -0.3 is 9.80 Å². The van der Waals surface area contributed by atoms with E-state index < -0.39 is 23.8 Å². The summed E-state index contributed by atoms with van der Waals surface area (Å²) in [5, 5.41) is 0. The van der Waals surface area contributed by atoms with Crippen molar-refractivity contribution in [2.45, 2.75) is 12.6 Å². The van der Waals surface area contributed by atoms with Crippen molar-refractivity contribution in [1.29, 1.82) is 0 Å². The van der Waals surface area contributed by atoms with E-state index >= 15 is 0 Å². The molecule has 0 aromatic heterocycles. The van der Waals surface area contributed by atoms with Gasteiger partial charge in [0.05, 0.1) is 0 Å². The normalized spacial score (nSPS) is 16.3. The van der Waals surface area contributed by atoms with Gasteiger partial charge in [-0.05, 0) is 18.6 Å². The lowest BCUT2D eigenvalue weighted by atomic mass is 10.2. The van der Waals surface area contributed by atoms with Crippen LogP contribution in [0, 0.1) is 5.82 Å². The molecule has 2 amide bonds. The molecule has 130 valence electrons. The molecule has 24 heavy (non-hydrogen) atoms. The Hall–Kier alpha value is -2.38. The fourth-order valence-electron chi connectivity index (χ4n) is 2.40. The fraction of sp³-hybridized carbons (Fsp3) is 0.375. The molecule has 2 rings (SSSR count). The van der Waals surface area contributed by atoms with Crippen LogP contribution in [0.2, 0.25) is 0 Å². The summed E-state index contributed by atoms with van der Waals surface area (Å²) in [6.45, 7) is 0.00111. The Kier molecular flexibility index (Phi) is 5.58. The number of rotatable bonds is 2. The maximum atomic E-state index is 13.5. The monoisotopic (exact) mass is 344 g/mol. The summed E-state index contributed by atoms with van der Waals surface area (Å²) in [7, 11) is 0. The molecule has 1 heterocycles. The van der Waals surface area contributed by atoms with E-state index in [4.69, 9.17) is 0 Å². The van der Waals surface area contributed by atoms with Gasteiger partial charge in [-0.25, -0.2) is 4.39 Å². The summed E-state index contributed by atoms with van der Waals surface area (Å²) in [4.78, 5) is 25.4. The minimum Gasteiger partial charge on any atom is -0.337 e. The molecule has 1 aromatic rings. The second-order valence-electron chi connectivity index (χ2n) is 5.32. The molecule has 0 saturated carbocycles. The first-order chi connectivity index (χ1) is 11.3. The summed E-state index contributed by atoms with van der Waals surface area (Å²) in [5.74, 6) is -2.79. The average molecular weight is 344 g/mol. The number of nitrogens with zero attached hydrogens (tertiary/aromatic N) is 2. The molecule has 0 N–H and O–H groups in total. The van der Waals surface area contributed by atoms with Crippen molar-refractivity contribution < 1.29 is 27.2 Å². The van der Waals surface area contributed by atoms with Crippen LogP contribution in [0.3, 0.4) is 0 Å². The van der Waals surface area contributed by atoms with E-state index in [-0.39, 0.29) is 38.2 Å². The zero-order valence-electron chi connectivity index (χ0n) is 12.7. The lowest BCUT2D eigenvalue weighted by Crippen LogP contribution is -2.43. The van der Waals surface area contributed by atoms with Crippen LogP contribution < -0.4 is 0 Å². The fourth-order valence-corrected chi connectivity index (χ4v) is 2.40. The molecule has 1 aromatic carbocycles. The molecule has 1 aliphatic rings. The van der Waals surface area contributed by atoms with Crippen molar-refractivity contribution in [1.82, 2.24) is 9.80 Å². The van der Waals surface area contributed by atoms with Gasteiger partial charge in [-0.3, -0.25) is 9.59 Å². The highest BCUT2D eigenvalue weighted by atomic mass is 19.4. The quantitative estimate of drug-likeness (QED) is 0.611. The lowest BCUT2D eigenvalue weighted by molar-refractivity contribution is -0.185. The molecule has 0 spiro atoms. The largest absolute Gasteiger partial charge is 0.471 e. The van der Waals surface area contributed by atoms with Crippen LogP contribution in [-0.2, 0) is 9.59 Å². The summed E-state index contributed by atoms with van der Waals surface area (Å²) in [6, 6.07) is 5.91. The van der Waals surface area contributed by atoms with Crippen molar-refractivity contribution >= 4 is 17.9 Å². The van der Waals surface area contributed by atoms with E-state index in [1.807, 2.05) is 0 Å². The maximum Gasteiger partial charge on any atom is 0.471 e. The van der Waals surface area contributed by atoms with Crippen LogP contribution in [0.1, 0.15) is 12.0 Å². The Morgan fingerprint density at radius 2 is 1.62 bits per heavy atom.